The second kappa shape index (κ2) is 5.13. The molecule has 0 aliphatic rings. The fourth-order valence-corrected chi connectivity index (χ4v) is 2.36. The molecule has 1 rings (SSSR count). The van der Waals surface area contributed by atoms with Crippen molar-refractivity contribution in [3.8, 4) is 0 Å². The van der Waals surface area contributed by atoms with Gasteiger partial charge >= 0.3 is 0 Å². The monoisotopic (exact) mass is 292 g/mol. The number of hydrogen-bond donors (Lipinski definition) is 3. The average molecular weight is 293 g/mol. The maximum absolute atomic E-state index is 11.2. The third-order valence-electron chi connectivity index (χ3n) is 2.45. The van der Waals surface area contributed by atoms with E-state index in [4.69, 9.17) is 21.9 Å². The number of hydrogen-bond acceptors (Lipinski definition) is 4. The summed E-state index contributed by atoms with van der Waals surface area (Å²) in [7, 11) is -4.39. The average Bonchev–Trinajstić information content (AvgIpc) is 2.27. The Morgan fingerprint density at radius 1 is 1.50 bits per heavy atom. The van der Waals surface area contributed by atoms with Crippen LogP contribution >= 0.6 is 11.6 Å². The molecule has 0 atom stereocenters. The first kappa shape index (κ1) is 14.7. The summed E-state index contributed by atoms with van der Waals surface area (Å²) < 4.78 is 31.3. The summed E-state index contributed by atoms with van der Waals surface area (Å²) in [5.41, 5.74) is 6.75. The van der Waals surface area contributed by atoms with E-state index in [1.165, 1.54) is 6.07 Å². The predicted molar refractivity (Wildman–Crippen MR) is 69.5 cm³/mol. The Labute approximate surface area is 110 Å². The van der Waals surface area contributed by atoms with Crippen molar-refractivity contribution >= 4 is 39.0 Å². The Morgan fingerprint density at radius 2 is 2.06 bits per heavy atom. The van der Waals surface area contributed by atoms with Crippen molar-refractivity contribution in [2.24, 2.45) is 0 Å². The molecule has 1 aromatic rings. The Hall–Kier alpha value is -1.31. The van der Waals surface area contributed by atoms with Gasteiger partial charge in [0.2, 0.25) is 5.91 Å². The number of carbonyl (C=O) groups is 1. The number of benzene rings is 1. The Bertz CT molecular complexity index is 598. The number of nitrogen functional groups attached to an aromatic ring is 1. The fourth-order valence-electron chi connectivity index (χ4n) is 1.54. The molecule has 0 saturated carbocycles. The lowest BCUT2D eigenvalue weighted by atomic mass is 10.1. The highest BCUT2D eigenvalue weighted by atomic mass is 35.5. The highest BCUT2D eigenvalue weighted by Gasteiger charge is 2.20. The normalized spacial score (nSPS) is 11.3. The first-order chi connectivity index (χ1) is 8.18. The van der Waals surface area contributed by atoms with Gasteiger partial charge in [0.05, 0.1) is 5.69 Å². The molecular weight excluding hydrogens is 280 g/mol. The molecule has 0 spiro atoms. The summed E-state index contributed by atoms with van der Waals surface area (Å²) in [5.74, 6) is -0.652. The molecule has 1 aromatic carbocycles. The lowest BCUT2D eigenvalue weighted by Gasteiger charge is -2.15. The standard InChI is InChI=1S/C10H13ClN2O4S/c1-5-3-7(18(15,16)17)9(12)6(2)10(5)13-8(14)4-11/h3H,4,12H2,1-2H3,(H,13,14)(H,15,16,17). The molecule has 0 saturated heterocycles. The molecule has 0 radical (unpaired) electrons. The molecule has 0 fully saturated rings. The van der Waals surface area contributed by atoms with Crippen molar-refractivity contribution < 1.29 is 17.8 Å². The van der Waals surface area contributed by atoms with E-state index in [9.17, 15) is 13.2 Å². The van der Waals surface area contributed by atoms with Crippen LogP contribution in [0.5, 0.6) is 0 Å². The fraction of sp³-hybridized carbons (Fsp3) is 0.300. The van der Waals surface area contributed by atoms with E-state index in [0.717, 1.165) is 0 Å². The summed E-state index contributed by atoms with van der Waals surface area (Å²) in [6.07, 6.45) is 0. The minimum Gasteiger partial charge on any atom is -0.397 e. The SMILES string of the molecule is Cc1cc(S(=O)(=O)O)c(N)c(C)c1NC(=O)CCl. The molecular formula is C10H13ClN2O4S. The Morgan fingerprint density at radius 3 is 2.50 bits per heavy atom. The van der Waals surface area contributed by atoms with Crippen LogP contribution in [0.1, 0.15) is 11.1 Å². The molecule has 6 nitrogen and oxygen atoms in total. The van der Waals surface area contributed by atoms with Gasteiger partial charge in [-0.3, -0.25) is 9.35 Å². The molecule has 0 unspecified atom stereocenters. The molecule has 0 bridgehead atoms. The van der Waals surface area contributed by atoms with Gasteiger partial charge in [-0.2, -0.15) is 8.42 Å². The first-order valence-electron chi connectivity index (χ1n) is 4.91. The minimum atomic E-state index is -4.39. The summed E-state index contributed by atoms with van der Waals surface area (Å²) in [6, 6.07) is 1.20. The van der Waals surface area contributed by atoms with Gasteiger partial charge in [0.25, 0.3) is 10.1 Å². The highest BCUT2D eigenvalue weighted by Crippen LogP contribution is 2.31. The summed E-state index contributed by atoms with van der Waals surface area (Å²) in [6.45, 7) is 3.13. The van der Waals surface area contributed by atoms with Gasteiger partial charge in [0.15, 0.2) is 0 Å². The number of anilines is 2. The summed E-state index contributed by atoms with van der Waals surface area (Å²) in [4.78, 5) is 10.9. The van der Waals surface area contributed by atoms with Crippen LogP contribution in [0.3, 0.4) is 0 Å². The van der Waals surface area contributed by atoms with E-state index in [2.05, 4.69) is 5.32 Å². The number of alkyl halides is 1. The zero-order chi connectivity index (χ0) is 14.1. The van der Waals surface area contributed by atoms with Gasteiger partial charge in [0.1, 0.15) is 10.8 Å². The quantitative estimate of drug-likeness (QED) is 0.442. The molecule has 4 N–H and O–H groups in total. The zero-order valence-electron chi connectivity index (χ0n) is 9.82. The maximum Gasteiger partial charge on any atom is 0.296 e. The van der Waals surface area contributed by atoms with Crippen LogP contribution in [0.25, 0.3) is 0 Å². The van der Waals surface area contributed by atoms with E-state index < -0.39 is 16.0 Å². The minimum absolute atomic E-state index is 0.104. The zero-order valence-corrected chi connectivity index (χ0v) is 11.4. The van der Waals surface area contributed by atoms with Crippen LogP contribution in [-0.4, -0.2) is 24.8 Å². The van der Waals surface area contributed by atoms with Crippen LogP contribution in [0.4, 0.5) is 11.4 Å². The predicted octanol–water partition coefficient (Wildman–Crippen LogP) is 1.31. The molecule has 1 amide bonds. The van der Waals surface area contributed by atoms with Gasteiger partial charge in [-0.15, -0.1) is 11.6 Å². The molecule has 0 heterocycles. The number of rotatable bonds is 3. The number of carbonyl (C=O) groups excluding carboxylic acids is 1. The molecule has 0 aliphatic carbocycles. The molecule has 100 valence electrons. The topological polar surface area (TPSA) is 109 Å². The number of nitrogens with one attached hydrogen (secondary N) is 1. The van der Waals surface area contributed by atoms with Gasteiger partial charge in [-0.25, -0.2) is 0 Å². The highest BCUT2D eigenvalue weighted by molar-refractivity contribution is 7.86. The molecule has 8 heteroatoms. The van der Waals surface area contributed by atoms with E-state index >= 15 is 0 Å². The van der Waals surface area contributed by atoms with E-state index in [1.807, 2.05) is 0 Å². The Balaban J connectivity index is 3.43. The number of aryl methyl sites for hydroxylation is 1. The van der Waals surface area contributed by atoms with Crippen molar-refractivity contribution in [2.75, 3.05) is 16.9 Å². The second-order valence-electron chi connectivity index (χ2n) is 3.76. The van der Waals surface area contributed by atoms with Crippen LogP contribution in [0.2, 0.25) is 0 Å². The maximum atomic E-state index is 11.2. The van der Waals surface area contributed by atoms with Gasteiger partial charge < -0.3 is 11.1 Å². The van der Waals surface area contributed by atoms with Crippen molar-refractivity contribution in [3.05, 3.63) is 17.2 Å². The number of amides is 1. The van der Waals surface area contributed by atoms with Crippen LogP contribution in [-0.2, 0) is 14.9 Å². The summed E-state index contributed by atoms with van der Waals surface area (Å²) in [5, 5.41) is 2.52. The van der Waals surface area contributed by atoms with Crippen LogP contribution in [0, 0.1) is 13.8 Å². The number of halogens is 1. The molecule has 0 aliphatic heterocycles. The van der Waals surface area contributed by atoms with Crippen molar-refractivity contribution in [1.29, 1.82) is 0 Å². The van der Waals surface area contributed by atoms with Gasteiger partial charge in [-0.1, -0.05) is 0 Å². The third kappa shape index (κ3) is 2.92. The third-order valence-corrected chi connectivity index (χ3v) is 3.59. The first-order valence-corrected chi connectivity index (χ1v) is 6.89. The van der Waals surface area contributed by atoms with Crippen LogP contribution in [0.15, 0.2) is 11.0 Å². The number of nitrogens with two attached hydrogens (primary N) is 1. The second-order valence-corrected chi connectivity index (χ2v) is 5.42. The van der Waals surface area contributed by atoms with Crippen LogP contribution < -0.4 is 11.1 Å². The lowest BCUT2D eigenvalue weighted by Crippen LogP contribution is -2.16. The van der Waals surface area contributed by atoms with E-state index in [1.54, 1.807) is 13.8 Å². The molecule has 0 aromatic heterocycles. The van der Waals surface area contributed by atoms with E-state index in [-0.39, 0.29) is 16.5 Å². The largest absolute Gasteiger partial charge is 0.397 e. The summed E-state index contributed by atoms with van der Waals surface area (Å²) >= 11 is 5.37. The van der Waals surface area contributed by atoms with E-state index in [0.29, 0.717) is 16.8 Å². The van der Waals surface area contributed by atoms with Crippen molar-refractivity contribution in [1.82, 2.24) is 0 Å². The van der Waals surface area contributed by atoms with Crippen molar-refractivity contribution in [3.63, 3.8) is 0 Å². The molecule has 18 heavy (non-hydrogen) atoms. The Kier molecular flexibility index (Phi) is 4.20. The van der Waals surface area contributed by atoms with Gasteiger partial charge in [-0.05, 0) is 31.0 Å². The smallest absolute Gasteiger partial charge is 0.296 e. The lowest BCUT2D eigenvalue weighted by molar-refractivity contribution is -0.113. The van der Waals surface area contributed by atoms with Crippen molar-refractivity contribution in [2.45, 2.75) is 18.7 Å². The van der Waals surface area contributed by atoms with Gasteiger partial charge in [0, 0.05) is 5.69 Å².